The monoisotopic (exact) mass is 237 g/mol. The van der Waals surface area contributed by atoms with Gasteiger partial charge in [-0.05, 0) is 26.8 Å². The Labute approximate surface area is 99.2 Å². The minimum absolute atomic E-state index is 0.00709. The zero-order chi connectivity index (χ0) is 13.0. The molecule has 0 unspecified atom stereocenters. The van der Waals surface area contributed by atoms with Gasteiger partial charge in [0.05, 0.1) is 4.92 Å². The van der Waals surface area contributed by atoms with E-state index in [1.54, 1.807) is 19.1 Å². The van der Waals surface area contributed by atoms with E-state index in [9.17, 15) is 14.9 Å². The number of nitrogens with one attached hydrogen (secondary N) is 2. The smallest absolute Gasteiger partial charge is 0.319 e. The molecule has 1 rings (SSSR count). The first-order valence-electron chi connectivity index (χ1n) is 5.22. The minimum atomic E-state index is -0.471. The van der Waals surface area contributed by atoms with E-state index in [1.807, 2.05) is 13.8 Å². The maximum absolute atomic E-state index is 11.4. The van der Waals surface area contributed by atoms with Crippen LogP contribution < -0.4 is 10.6 Å². The van der Waals surface area contributed by atoms with Crippen LogP contribution in [0.1, 0.15) is 19.4 Å². The second kappa shape index (κ2) is 5.29. The maximum Gasteiger partial charge on any atom is 0.319 e. The Morgan fingerprint density at radius 1 is 1.41 bits per heavy atom. The van der Waals surface area contributed by atoms with Crippen molar-refractivity contribution in [3.8, 4) is 0 Å². The Bertz CT molecular complexity index is 444. The van der Waals surface area contributed by atoms with Crippen molar-refractivity contribution in [1.29, 1.82) is 0 Å². The Morgan fingerprint density at radius 2 is 2.06 bits per heavy atom. The van der Waals surface area contributed by atoms with Crippen molar-refractivity contribution in [1.82, 2.24) is 5.32 Å². The zero-order valence-electron chi connectivity index (χ0n) is 9.98. The second-order valence-corrected chi connectivity index (χ2v) is 4.01. The molecule has 0 bridgehead atoms. The van der Waals surface area contributed by atoms with Crippen molar-refractivity contribution >= 4 is 17.4 Å². The summed E-state index contributed by atoms with van der Waals surface area (Å²) >= 11 is 0. The molecule has 0 saturated heterocycles. The molecule has 0 atom stereocenters. The van der Waals surface area contributed by atoms with Crippen LogP contribution in [0.4, 0.5) is 16.2 Å². The van der Waals surface area contributed by atoms with Crippen LogP contribution in [0.15, 0.2) is 18.2 Å². The fraction of sp³-hybridized carbons (Fsp3) is 0.364. The van der Waals surface area contributed by atoms with Gasteiger partial charge in [-0.3, -0.25) is 10.1 Å². The predicted octanol–water partition coefficient (Wildman–Crippen LogP) is 2.43. The highest BCUT2D eigenvalue weighted by atomic mass is 16.6. The molecule has 0 fully saturated rings. The highest BCUT2D eigenvalue weighted by Crippen LogP contribution is 2.22. The van der Waals surface area contributed by atoms with Crippen LogP contribution in [-0.4, -0.2) is 17.0 Å². The number of hydrogen-bond donors (Lipinski definition) is 2. The van der Waals surface area contributed by atoms with Gasteiger partial charge in [-0.1, -0.05) is 6.07 Å². The third-order valence-corrected chi connectivity index (χ3v) is 2.08. The summed E-state index contributed by atoms with van der Waals surface area (Å²) in [5.74, 6) is 0. The van der Waals surface area contributed by atoms with E-state index < -0.39 is 4.92 Å². The van der Waals surface area contributed by atoms with E-state index in [4.69, 9.17) is 0 Å². The largest absolute Gasteiger partial charge is 0.336 e. The van der Waals surface area contributed by atoms with Gasteiger partial charge >= 0.3 is 6.03 Å². The number of nitro benzene ring substituents is 1. The summed E-state index contributed by atoms with van der Waals surface area (Å²) in [6.45, 7) is 5.31. The molecule has 6 nitrogen and oxygen atoms in total. The van der Waals surface area contributed by atoms with Gasteiger partial charge in [0.15, 0.2) is 0 Å². The number of urea groups is 1. The molecule has 17 heavy (non-hydrogen) atoms. The summed E-state index contributed by atoms with van der Waals surface area (Å²) in [6, 6.07) is 4.20. The molecule has 0 aliphatic heterocycles. The van der Waals surface area contributed by atoms with Crippen LogP contribution in [0.2, 0.25) is 0 Å². The highest BCUT2D eigenvalue weighted by Gasteiger charge is 2.12. The summed E-state index contributed by atoms with van der Waals surface area (Å²) in [5.41, 5.74) is 0.956. The lowest BCUT2D eigenvalue weighted by Gasteiger charge is -2.10. The first-order valence-corrected chi connectivity index (χ1v) is 5.22. The third kappa shape index (κ3) is 3.75. The number of aryl methyl sites for hydroxylation is 1. The maximum atomic E-state index is 11.4. The molecule has 0 radical (unpaired) electrons. The molecular formula is C11H15N3O3. The van der Waals surface area contributed by atoms with E-state index in [2.05, 4.69) is 10.6 Å². The fourth-order valence-corrected chi connectivity index (χ4v) is 1.31. The Balaban J connectivity index is 2.82. The van der Waals surface area contributed by atoms with Crippen LogP contribution in [0.3, 0.4) is 0 Å². The summed E-state index contributed by atoms with van der Waals surface area (Å²) < 4.78 is 0. The van der Waals surface area contributed by atoms with Gasteiger partial charge in [-0.25, -0.2) is 4.79 Å². The molecule has 2 amide bonds. The Hall–Kier alpha value is -2.11. The lowest BCUT2D eigenvalue weighted by atomic mass is 10.2. The van der Waals surface area contributed by atoms with Crippen molar-refractivity contribution < 1.29 is 9.72 Å². The highest BCUT2D eigenvalue weighted by molar-refractivity contribution is 5.89. The lowest BCUT2D eigenvalue weighted by Crippen LogP contribution is -2.34. The van der Waals surface area contributed by atoms with Crippen molar-refractivity contribution in [3.05, 3.63) is 33.9 Å². The van der Waals surface area contributed by atoms with Crippen molar-refractivity contribution in [2.24, 2.45) is 0 Å². The van der Waals surface area contributed by atoms with Gasteiger partial charge in [-0.2, -0.15) is 0 Å². The third-order valence-electron chi connectivity index (χ3n) is 2.08. The molecule has 0 heterocycles. The molecule has 0 aliphatic carbocycles. The number of carbonyl (C=O) groups excluding carboxylic acids is 1. The van der Waals surface area contributed by atoms with E-state index >= 15 is 0 Å². The second-order valence-electron chi connectivity index (χ2n) is 4.01. The van der Waals surface area contributed by atoms with E-state index in [1.165, 1.54) is 6.07 Å². The number of nitro groups is 1. The average molecular weight is 237 g/mol. The fourth-order valence-electron chi connectivity index (χ4n) is 1.31. The number of anilines is 1. The number of hydrogen-bond acceptors (Lipinski definition) is 3. The summed E-state index contributed by atoms with van der Waals surface area (Å²) in [5, 5.41) is 15.9. The molecule has 0 saturated carbocycles. The topological polar surface area (TPSA) is 84.3 Å². The molecule has 92 valence electrons. The molecular weight excluding hydrogens is 222 g/mol. The SMILES string of the molecule is Cc1ccc(NC(=O)NC(C)C)cc1[N+](=O)[O-]. The van der Waals surface area contributed by atoms with Gasteiger partial charge in [-0.15, -0.1) is 0 Å². The van der Waals surface area contributed by atoms with Gasteiger partial charge in [0.2, 0.25) is 0 Å². The van der Waals surface area contributed by atoms with Crippen LogP contribution in [-0.2, 0) is 0 Å². The predicted molar refractivity (Wildman–Crippen MR) is 65.1 cm³/mol. The number of nitrogens with zero attached hydrogens (tertiary/aromatic N) is 1. The molecule has 0 aliphatic rings. The zero-order valence-corrected chi connectivity index (χ0v) is 9.98. The van der Waals surface area contributed by atoms with Crippen LogP contribution in [0.5, 0.6) is 0 Å². The van der Waals surface area contributed by atoms with E-state index in [0.29, 0.717) is 11.3 Å². The first-order chi connectivity index (χ1) is 7.90. The number of carbonyl (C=O) groups is 1. The molecule has 1 aromatic carbocycles. The quantitative estimate of drug-likeness (QED) is 0.625. The van der Waals surface area contributed by atoms with Crippen molar-refractivity contribution in [3.63, 3.8) is 0 Å². The van der Waals surface area contributed by atoms with Gasteiger partial charge in [0.25, 0.3) is 5.69 Å². The van der Waals surface area contributed by atoms with Gasteiger partial charge < -0.3 is 10.6 Å². The van der Waals surface area contributed by atoms with E-state index in [-0.39, 0.29) is 17.8 Å². The van der Waals surface area contributed by atoms with Gasteiger partial charge in [0, 0.05) is 23.4 Å². The summed E-state index contributed by atoms with van der Waals surface area (Å²) in [4.78, 5) is 21.6. The average Bonchev–Trinajstić information content (AvgIpc) is 2.19. The summed E-state index contributed by atoms with van der Waals surface area (Å²) in [6.07, 6.45) is 0. The number of benzene rings is 1. The van der Waals surface area contributed by atoms with Crippen LogP contribution >= 0.6 is 0 Å². The van der Waals surface area contributed by atoms with Crippen molar-refractivity contribution in [2.75, 3.05) is 5.32 Å². The lowest BCUT2D eigenvalue weighted by molar-refractivity contribution is -0.385. The van der Waals surface area contributed by atoms with E-state index in [0.717, 1.165) is 0 Å². The molecule has 2 N–H and O–H groups in total. The molecule has 1 aromatic rings. The standard InChI is InChI=1S/C11H15N3O3/c1-7(2)12-11(15)13-9-5-4-8(3)10(6-9)14(16)17/h4-7H,1-3H3,(H2,12,13,15). The van der Waals surface area contributed by atoms with Crippen molar-refractivity contribution in [2.45, 2.75) is 26.8 Å². The Morgan fingerprint density at radius 3 is 2.59 bits per heavy atom. The molecule has 0 aromatic heterocycles. The molecule has 6 heteroatoms. The number of rotatable bonds is 3. The molecule has 0 spiro atoms. The Kier molecular flexibility index (Phi) is 4.03. The summed E-state index contributed by atoms with van der Waals surface area (Å²) in [7, 11) is 0. The first kappa shape index (κ1) is 13.0. The van der Waals surface area contributed by atoms with Crippen LogP contribution in [0.25, 0.3) is 0 Å². The minimum Gasteiger partial charge on any atom is -0.336 e. The number of amides is 2. The normalized spacial score (nSPS) is 10.1. The van der Waals surface area contributed by atoms with Crippen LogP contribution in [0, 0.1) is 17.0 Å². The van der Waals surface area contributed by atoms with Gasteiger partial charge in [0.1, 0.15) is 0 Å².